The van der Waals surface area contributed by atoms with Crippen molar-refractivity contribution >= 4 is 79.9 Å². The first-order chi connectivity index (χ1) is 59.5. The van der Waals surface area contributed by atoms with E-state index in [1.54, 1.807) is 29.7 Å². The summed E-state index contributed by atoms with van der Waals surface area (Å²) in [5.74, 6) is -4.59. The SMILES string of the molecule is C=C1OC(COP(=O)(COCCn2cnc3c(=O)[nH]c(N)nc32)OCc2cccc(F)c2)=C(c2ccc(C)cc2)O1.Cc1ccc(-c2oc(=O)oc2COP(=O)(COCCn2cnc3c(=O)[nH]c(N)nc32)OCc2cccc(F)c2)cc1F.Nc1nc2c(ncn2CCOCP(=O)(OCc2cccc(F)c2)OCc2oc(=O)oc2-c2ccc(F)cc2)c(=O)[nH]1. The highest BCUT2D eigenvalue weighted by molar-refractivity contribution is 7.54. The minimum atomic E-state index is -4.09. The van der Waals surface area contributed by atoms with Gasteiger partial charge in [0, 0.05) is 36.3 Å². The van der Waals surface area contributed by atoms with E-state index in [1.807, 2.05) is 31.2 Å². The summed E-state index contributed by atoms with van der Waals surface area (Å²) in [7, 11) is -12.1. The molecule has 0 bridgehead atoms. The Balaban J connectivity index is 0.000000160. The number of imidazole rings is 3. The van der Waals surface area contributed by atoms with Gasteiger partial charge in [0.15, 0.2) is 68.1 Å². The molecule has 648 valence electrons. The fourth-order valence-corrected chi connectivity index (χ4v) is 15.3. The van der Waals surface area contributed by atoms with Crippen molar-refractivity contribution in [3.63, 3.8) is 0 Å². The number of H-pyrrole nitrogens is 3. The van der Waals surface area contributed by atoms with Crippen LogP contribution in [0.4, 0.5) is 39.8 Å². The molecule has 0 saturated heterocycles. The number of nitrogens with one attached hydrogen (secondary N) is 3. The van der Waals surface area contributed by atoms with Crippen LogP contribution >= 0.6 is 22.8 Å². The number of anilines is 3. The molecule has 8 aromatic heterocycles. The van der Waals surface area contributed by atoms with Gasteiger partial charge >= 0.3 is 34.4 Å². The molecular formula is C78H73F5N15O23P3. The summed E-state index contributed by atoms with van der Waals surface area (Å²) in [5.41, 5.74) is 20.4. The lowest BCUT2D eigenvalue weighted by Crippen LogP contribution is -2.13. The first-order valence-electron chi connectivity index (χ1n) is 36.8. The second-order valence-corrected chi connectivity index (χ2v) is 32.7. The zero-order chi connectivity index (χ0) is 87.8. The molecule has 15 rings (SSSR count). The topological polar surface area (TPSA) is 508 Å². The molecule has 46 heteroatoms. The molecule has 0 fully saturated rings. The van der Waals surface area contributed by atoms with Gasteiger partial charge in [0.05, 0.1) is 58.6 Å². The molecule has 0 amide bonds. The molecule has 124 heavy (non-hydrogen) atoms. The number of aryl methyl sites for hydroxylation is 2. The van der Waals surface area contributed by atoms with Crippen LogP contribution in [-0.4, -0.2) is 104 Å². The Bertz CT molecular complexity index is 6710. The predicted octanol–water partition coefficient (Wildman–Crippen LogP) is 12.3. The largest absolute Gasteiger partial charge is 0.519 e. The lowest BCUT2D eigenvalue weighted by Gasteiger charge is -2.19. The Labute approximate surface area is 694 Å². The van der Waals surface area contributed by atoms with Crippen molar-refractivity contribution in [1.29, 1.82) is 0 Å². The average Bonchev–Trinajstić information content (AvgIpc) is 1.65. The number of aromatic nitrogens is 12. The number of hydrogen-bond donors (Lipinski definition) is 6. The number of halogens is 5. The Morgan fingerprint density at radius 1 is 0.427 bits per heavy atom. The molecule has 14 aromatic rings. The number of benzene rings is 6. The summed E-state index contributed by atoms with van der Waals surface area (Å²) in [6, 6.07) is 33.4. The molecule has 3 unspecified atom stereocenters. The van der Waals surface area contributed by atoms with E-state index in [9.17, 15) is 59.6 Å². The highest BCUT2D eigenvalue weighted by atomic mass is 31.2. The number of ether oxygens (including phenoxy) is 5. The minimum Gasteiger partial charge on any atom is -0.424 e. The van der Waals surface area contributed by atoms with Gasteiger partial charge in [-0.15, -0.1) is 0 Å². The van der Waals surface area contributed by atoms with Gasteiger partial charge in [0.1, 0.15) is 68.0 Å². The number of hydrogen-bond acceptors (Lipinski definition) is 32. The first-order valence-corrected chi connectivity index (χ1v) is 42.0. The average molecular weight is 1780 g/mol. The highest BCUT2D eigenvalue weighted by Crippen LogP contribution is 2.53. The zero-order valence-corrected chi connectivity index (χ0v) is 67.9. The molecule has 0 saturated carbocycles. The van der Waals surface area contributed by atoms with E-state index in [-0.39, 0.29) is 158 Å². The van der Waals surface area contributed by atoms with Crippen LogP contribution in [0.5, 0.6) is 0 Å². The van der Waals surface area contributed by atoms with Gasteiger partial charge in [-0.2, -0.15) is 15.0 Å². The maximum atomic E-state index is 14.1. The van der Waals surface area contributed by atoms with Crippen molar-refractivity contribution in [3.05, 3.63) is 303 Å². The van der Waals surface area contributed by atoms with Crippen LogP contribution in [0, 0.1) is 42.9 Å². The number of aromatic amines is 3. The lowest BCUT2D eigenvalue weighted by atomic mass is 10.1. The van der Waals surface area contributed by atoms with Crippen LogP contribution < -0.4 is 45.5 Å². The highest BCUT2D eigenvalue weighted by Gasteiger charge is 2.34. The fraction of sp³-hybridized carbons (Fsp3) is 0.218. The molecule has 3 atom stereocenters. The molecular weight excluding hydrogens is 1700 g/mol. The minimum absolute atomic E-state index is 0.0296. The zero-order valence-electron chi connectivity index (χ0n) is 65.2. The summed E-state index contributed by atoms with van der Waals surface area (Å²) in [6.45, 7) is 5.61. The molecule has 6 aromatic carbocycles. The van der Waals surface area contributed by atoms with Crippen molar-refractivity contribution in [2.24, 2.45) is 0 Å². The van der Waals surface area contributed by atoms with E-state index < -0.39 is 112 Å². The van der Waals surface area contributed by atoms with E-state index in [2.05, 4.69) is 51.4 Å². The monoisotopic (exact) mass is 1780 g/mol. The number of nitrogens with two attached hydrogens (primary N) is 3. The predicted molar refractivity (Wildman–Crippen MR) is 431 cm³/mol. The van der Waals surface area contributed by atoms with Crippen LogP contribution in [0.2, 0.25) is 0 Å². The normalized spacial score (nSPS) is 13.6. The molecule has 0 aliphatic carbocycles. The Kier molecular flexibility index (Phi) is 28.4. The van der Waals surface area contributed by atoms with E-state index in [1.165, 1.54) is 107 Å². The van der Waals surface area contributed by atoms with E-state index in [4.69, 9.17) is 85.7 Å². The molecule has 38 nitrogen and oxygen atoms in total. The van der Waals surface area contributed by atoms with Crippen molar-refractivity contribution < 1.29 is 104 Å². The van der Waals surface area contributed by atoms with Crippen molar-refractivity contribution in [3.8, 4) is 22.6 Å². The van der Waals surface area contributed by atoms with Crippen molar-refractivity contribution in [2.45, 2.75) is 66.5 Å². The van der Waals surface area contributed by atoms with E-state index in [0.717, 1.165) is 29.3 Å². The van der Waals surface area contributed by atoms with Gasteiger partial charge in [-0.05, 0) is 109 Å². The van der Waals surface area contributed by atoms with Gasteiger partial charge in [-0.1, -0.05) is 78.4 Å². The summed E-state index contributed by atoms with van der Waals surface area (Å²) in [6.07, 6.45) is 2.66. The third-order valence-corrected chi connectivity index (χ3v) is 22.3. The smallest absolute Gasteiger partial charge is 0.424 e. The number of nitrogen functional groups attached to an aromatic ring is 3. The number of nitrogens with zero attached hydrogens (tertiary/aromatic N) is 9. The number of rotatable bonds is 36. The second-order valence-electron chi connectivity index (χ2n) is 26.7. The summed E-state index contributed by atoms with van der Waals surface area (Å²) in [4.78, 5) is 91.0. The van der Waals surface area contributed by atoms with Gasteiger partial charge in [0.2, 0.25) is 17.8 Å². The van der Waals surface area contributed by atoms with Crippen LogP contribution in [0.25, 0.3) is 61.9 Å². The molecule has 0 radical (unpaired) electrons. The van der Waals surface area contributed by atoms with Gasteiger partial charge < -0.3 is 85.8 Å². The third kappa shape index (κ3) is 23.4. The molecule has 1 aliphatic rings. The lowest BCUT2D eigenvalue weighted by molar-refractivity contribution is 0.114. The third-order valence-electron chi connectivity index (χ3n) is 17.6. The Hall–Kier alpha value is -13.2. The maximum absolute atomic E-state index is 14.1. The van der Waals surface area contributed by atoms with Crippen LogP contribution in [0.1, 0.15) is 44.9 Å². The van der Waals surface area contributed by atoms with Crippen LogP contribution in [0.3, 0.4) is 0 Å². The van der Waals surface area contributed by atoms with E-state index >= 15 is 0 Å². The van der Waals surface area contributed by atoms with Crippen molar-refractivity contribution in [2.75, 3.05) is 62.7 Å². The van der Waals surface area contributed by atoms with Crippen LogP contribution in [0.15, 0.2) is 218 Å². The molecule has 1 aliphatic heterocycles. The summed E-state index contributed by atoms with van der Waals surface area (Å²) in [5, 5.41) is 0. The molecule has 9 N–H and O–H groups in total. The van der Waals surface area contributed by atoms with Gasteiger partial charge in [-0.3, -0.25) is 56.6 Å². The second kappa shape index (κ2) is 39.8. The fourth-order valence-electron chi connectivity index (χ4n) is 11.6. The summed E-state index contributed by atoms with van der Waals surface area (Å²) < 4.78 is 196. The Morgan fingerprint density at radius 3 is 1.19 bits per heavy atom. The Morgan fingerprint density at radius 2 is 0.798 bits per heavy atom. The van der Waals surface area contributed by atoms with Crippen LogP contribution in [-0.2, 0) is 117 Å². The van der Waals surface area contributed by atoms with E-state index in [0.29, 0.717) is 33.6 Å². The number of fused-ring (bicyclic) bond motifs is 3. The molecule has 9 heterocycles. The quantitative estimate of drug-likeness (QED) is 0.0121. The molecule has 0 spiro atoms. The van der Waals surface area contributed by atoms with Gasteiger partial charge in [-0.25, -0.2) is 46.5 Å². The van der Waals surface area contributed by atoms with Gasteiger partial charge in [0.25, 0.3) is 22.6 Å². The first kappa shape index (κ1) is 88.6. The summed E-state index contributed by atoms with van der Waals surface area (Å²) >= 11 is 0. The standard InChI is InChI=1S/C27H27FN5O7P.C26H24F2N5O8P.C25H22F2N5O8P/c1-17-6-8-20(9-7-17)24-22(39-18(2)40-24)14-38-41(35,37-13-19-4-3-5-21(28)12-19)16-36-11-10-33-15-30-23-25(33)31-27(29)32-26(23)34;1-15-5-6-17(10-19(15)28)22-20(40-26(35)41-22)12-39-42(36,38-11-16-3-2-4-18(27)9-16)14-37-8-7-33-13-30-21-23(33)31-25(29)32-24(21)34;26-17-6-4-16(5-7-17)21-19(39-25(34)40-21)12-38-41(35,37-11-15-2-1-3-18(27)10-15)14-36-9-8-32-13-29-20-22(32)30-24(28)31-23(20)33/h3-9,12,15H,2,10-11,13-14,16H2,1H3,(H3,29,31,32,34);2-6,9-10,13H,7-8,11-12,14H2,1H3,(H3,29,31,32,34);1-7,10,13H,8-9,11-12,14H2,(H3,28,30,31,33). The van der Waals surface area contributed by atoms with Crippen molar-refractivity contribution in [1.82, 2.24) is 58.6 Å². The maximum Gasteiger partial charge on any atom is 0.519 e.